The van der Waals surface area contributed by atoms with E-state index in [2.05, 4.69) is 57.1 Å². The van der Waals surface area contributed by atoms with Crippen molar-refractivity contribution < 1.29 is 4.74 Å². The van der Waals surface area contributed by atoms with E-state index in [1.54, 1.807) is 0 Å². The number of benzene rings is 1. The van der Waals surface area contributed by atoms with E-state index in [1.165, 1.54) is 5.56 Å². The van der Waals surface area contributed by atoms with Gasteiger partial charge in [0.15, 0.2) is 5.82 Å². The molecule has 1 atom stereocenters. The summed E-state index contributed by atoms with van der Waals surface area (Å²) in [4.78, 5) is 16.0. The van der Waals surface area contributed by atoms with E-state index in [0.29, 0.717) is 6.10 Å². The summed E-state index contributed by atoms with van der Waals surface area (Å²) in [6.45, 7) is 5.43. The predicted molar refractivity (Wildman–Crippen MR) is 120 cm³/mol. The maximum Gasteiger partial charge on any atom is 0.159 e. The molecular weight excluding hydrogens is 428 g/mol. The monoisotopic (exact) mass is 454 g/mol. The van der Waals surface area contributed by atoms with Crippen LogP contribution in [-0.4, -0.2) is 39.1 Å². The molecule has 1 aromatic carbocycles. The van der Waals surface area contributed by atoms with Crippen LogP contribution in [-0.2, 0) is 17.8 Å². The average molecular weight is 455 g/mol. The Labute approximate surface area is 183 Å². The summed E-state index contributed by atoms with van der Waals surface area (Å²) in [6, 6.07) is 14.4. The summed E-state index contributed by atoms with van der Waals surface area (Å²) in [6.07, 6.45) is 8.29. The number of ether oxygens (including phenoxy) is 1. The highest BCUT2D eigenvalue weighted by Crippen LogP contribution is 2.18. The van der Waals surface area contributed by atoms with Crippen LogP contribution in [0, 0.1) is 6.92 Å². The molecule has 6 heteroatoms. The molecule has 0 aliphatic carbocycles. The minimum Gasteiger partial charge on any atom is -0.377 e. The Hall–Kier alpha value is -2.15. The van der Waals surface area contributed by atoms with Gasteiger partial charge >= 0.3 is 0 Å². The SMILES string of the molecule is Br.Cc1ccc(-c2ncc(CN(Cc3ccccn3)CC3CCCO3)cn2)cc1. The first-order valence-corrected chi connectivity index (χ1v) is 9.88. The first kappa shape index (κ1) is 21.6. The van der Waals surface area contributed by atoms with E-state index >= 15 is 0 Å². The Morgan fingerprint density at radius 1 is 1.00 bits per heavy atom. The lowest BCUT2D eigenvalue weighted by Gasteiger charge is -2.24. The highest BCUT2D eigenvalue weighted by molar-refractivity contribution is 8.93. The molecule has 2 aromatic heterocycles. The largest absolute Gasteiger partial charge is 0.377 e. The predicted octanol–water partition coefficient (Wildman–Crippen LogP) is 4.61. The van der Waals surface area contributed by atoms with Crippen LogP contribution in [0.1, 0.15) is 29.7 Å². The van der Waals surface area contributed by atoms with Gasteiger partial charge in [-0.1, -0.05) is 35.9 Å². The summed E-state index contributed by atoms with van der Waals surface area (Å²) in [5.41, 5.74) is 4.45. The van der Waals surface area contributed by atoms with Crippen LogP contribution in [0.5, 0.6) is 0 Å². The number of rotatable bonds is 7. The lowest BCUT2D eigenvalue weighted by molar-refractivity contribution is 0.0674. The summed E-state index contributed by atoms with van der Waals surface area (Å²) in [5.74, 6) is 0.763. The Bertz CT molecular complexity index is 866. The van der Waals surface area contributed by atoms with Gasteiger partial charge in [-0.25, -0.2) is 9.97 Å². The molecule has 1 aliphatic heterocycles. The lowest BCUT2D eigenvalue weighted by atomic mass is 10.1. The zero-order valence-corrected chi connectivity index (χ0v) is 18.4. The lowest BCUT2D eigenvalue weighted by Crippen LogP contribution is -2.31. The fourth-order valence-electron chi connectivity index (χ4n) is 3.53. The fraction of sp³-hybridized carbons (Fsp3) is 0.348. The molecule has 0 amide bonds. The van der Waals surface area contributed by atoms with Gasteiger partial charge in [0.2, 0.25) is 0 Å². The minimum atomic E-state index is 0. The van der Waals surface area contributed by atoms with Gasteiger partial charge < -0.3 is 4.74 Å². The third kappa shape index (κ3) is 6.16. The Kier molecular flexibility index (Phi) is 7.86. The van der Waals surface area contributed by atoms with Crippen molar-refractivity contribution in [1.29, 1.82) is 0 Å². The summed E-state index contributed by atoms with van der Waals surface area (Å²) < 4.78 is 5.85. The van der Waals surface area contributed by atoms with E-state index in [9.17, 15) is 0 Å². The van der Waals surface area contributed by atoms with Crippen molar-refractivity contribution in [3.05, 3.63) is 77.9 Å². The second-order valence-electron chi connectivity index (χ2n) is 7.41. The van der Waals surface area contributed by atoms with Crippen LogP contribution in [0.3, 0.4) is 0 Å². The van der Waals surface area contributed by atoms with Crippen LogP contribution in [0.15, 0.2) is 61.1 Å². The third-order valence-electron chi connectivity index (χ3n) is 5.02. The molecule has 1 aliphatic rings. The second kappa shape index (κ2) is 10.6. The van der Waals surface area contributed by atoms with Crippen LogP contribution in [0.4, 0.5) is 0 Å². The van der Waals surface area contributed by atoms with Gasteiger partial charge in [-0.05, 0) is 31.9 Å². The standard InChI is InChI=1S/C23H26N4O.BrH/c1-18-7-9-20(10-8-18)23-25-13-19(14-26-23)15-27(17-22-6-4-12-28-22)16-21-5-2-3-11-24-21;/h2-3,5,7-11,13-14,22H,4,6,12,15-17H2,1H3;1H. The molecule has 3 aromatic rings. The summed E-state index contributed by atoms with van der Waals surface area (Å²) >= 11 is 0. The number of aryl methyl sites for hydroxylation is 1. The Morgan fingerprint density at radius 3 is 2.45 bits per heavy atom. The molecule has 5 nitrogen and oxygen atoms in total. The van der Waals surface area contributed by atoms with Crippen molar-refractivity contribution in [2.75, 3.05) is 13.2 Å². The first-order valence-electron chi connectivity index (χ1n) is 9.88. The van der Waals surface area contributed by atoms with Gasteiger partial charge in [-0.2, -0.15) is 0 Å². The molecule has 3 heterocycles. The Morgan fingerprint density at radius 2 is 1.79 bits per heavy atom. The topological polar surface area (TPSA) is 51.1 Å². The zero-order chi connectivity index (χ0) is 19.2. The molecule has 29 heavy (non-hydrogen) atoms. The van der Waals surface area contributed by atoms with E-state index in [4.69, 9.17) is 4.74 Å². The van der Waals surface area contributed by atoms with E-state index < -0.39 is 0 Å². The van der Waals surface area contributed by atoms with Crippen LogP contribution in [0.25, 0.3) is 11.4 Å². The van der Waals surface area contributed by atoms with Gasteiger partial charge in [0, 0.05) is 56.0 Å². The molecule has 0 N–H and O–H groups in total. The molecule has 0 radical (unpaired) electrons. The molecule has 1 fully saturated rings. The van der Waals surface area contributed by atoms with Crippen molar-refractivity contribution in [2.45, 2.75) is 39.0 Å². The molecule has 1 saturated heterocycles. The van der Waals surface area contributed by atoms with E-state index in [0.717, 1.165) is 61.7 Å². The van der Waals surface area contributed by atoms with Crippen molar-refractivity contribution >= 4 is 17.0 Å². The van der Waals surface area contributed by atoms with E-state index in [1.807, 2.05) is 30.7 Å². The van der Waals surface area contributed by atoms with Crippen LogP contribution < -0.4 is 0 Å². The molecule has 0 bridgehead atoms. The third-order valence-corrected chi connectivity index (χ3v) is 5.02. The van der Waals surface area contributed by atoms with Gasteiger partial charge in [-0.15, -0.1) is 17.0 Å². The number of hydrogen-bond acceptors (Lipinski definition) is 5. The van der Waals surface area contributed by atoms with Gasteiger partial charge in [0.05, 0.1) is 11.8 Å². The second-order valence-corrected chi connectivity index (χ2v) is 7.41. The van der Waals surface area contributed by atoms with Gasteiger partial charge in [0.1, 0.15) is 0 Å². The number of hydrogen-bond donors (Lipinski definition) is 0. The van der Waals surface area contributed by atoms with Crippen molar-refractivity contribution in [2.24, 2.45) is 0 Å². The molecule has 1 unspecified atom stereocenters. The van der Waals surface area contributed by atoms with Crippen LogP contribution in [0.2, 0.25) is 0 Å². The fourth-order valence-corrected chi connectivity index (χ4v) is 3.53. The molecular formula is C23H27BrN4O. The highest BCUT2D eigenvalue weighted by atomic mass is 79.9. The molecule has 0 spiro atoms. The number of halogens is 1. The number of pyridine rings is 1. The van der Waals surface area contributed by atoms with E-state index in [-0.39, 0.29) is 17.0 Å². The molecule has 4 rings (SSSR count). The van der Waals surface area contributed by atoms with Crippen LogP contribution >= 0.6 is 17.0 Å². The molecule has 0 saturated carbocycles. The maximum absolute atomic E-state index is 5.85. The summed E-state index contributed by atoms with van der Waals surface area (Å²) in [5, 5.41) is 0. The minimum absolute atomic E-state index is 0. The average Bonchev–Trinajstić information content (AvgIpc) is 3.23. The molecule has 152 valence electrons. The van der Waals surface area contributed by atoms with Gasteiger partial charge in [0.25, 0.3) is 0 Å². The van der Waals surface area contributed by atoms with Crippen molar-refractivity contribution in [3.8, 4) is 11.4 Å². The first-order chi connectivity index (χ1) is 13.8. The normalized spacial score (nSPS) is 16.0. The van der Waals surface area contributed by atoms with Gasteiger partial charge in [-0.3, -0.25) is 9.88 Å². The highest BCUT2D eigenvalue weighted by Gasteiger charge is 2.20. The zero-order valence-electron chi connectivity index (χ0n) is 16.7. The Balaban J connectivity index is 0.00000240. The van der Waals surface area contributed by atoms with Crippen molar-refractivity contribution in [3.63, 3.8) is 0 Å². The van der Waals surface area contributed by atoms with Crippen molar-refractivity contribution in [1.82, 2.24) is 19.9 Å². The quantitative estimate of drug-likeness (QED) is 0.521. The number of aromatic nitrogens is 3. The summed E-state index contributed by atoms with van der Waals surface area (Å²) in [7, 11) is 0. The number of nitrogens with zero attached hydrogens (tertiary/aromatic N) is 4. The maximum atomic E-state index is 5.85. The smallest absolute Gasteiger partial charge is 0.159 e.